The lowest BCUT2D eigenvalue weighted by molar-refractivity contribution is 0.620. The molecule has 4 heterocycles. The van der Waals surface area contributed by atoms with Crippen LogP contribution in [0.5, 0.6) is 0 Å². The third-order valence-electron chi connectivity index (χ3n) is 9.93. The summed E-state index contributed by atoms with van der Waals surface area (Å²) in [5.41, 5.74) is 8.30. The van der Waals surface area contributed by atoms with E-state index in [-0.39, 0.29) is 0 Å². The van der Waals surface area contributed by atoms with Gasteiger partial charge in [-0.1, -0.05) is 115 Å². The molecule has 0 spiro atoms. The number of thiophene rings is 1. The molecule has 0 amide bonds. The number of oxazole rings is 1. The van der Waals surface area contributed by atoms with Gasteiger partial charge in [0.25, 0.3) is 0 Å². The summed E-state index contributed by atoms with van der Waals surface area (Å²) in [6.45, 7) is 0. The Hall–Kier alpha value is -6.96. The zero-order chi connectivity index (χ0) is 34.9. The second-order valence-corrected chi connectivity index (χ2v) is 14.1. The van der Waals surface area contributed by atoms with Crippen molar-refractivity contribution in [1.82, 2.24) is 24.5 Å². The maximum absolute atomic E-state index is 6.52. The molecule has 7 heteroatoms. The first kappa shape index (κ1) is 29.7. The fraction of sp³-hybridized carbons (Fsp3) is 0. The summed E-state index contributed by atoms with van der Waals surface area (Å²) in [4.78, 5) is 20.8. The van der Waals surface area contributed by atoms with E-state index in [4.69, 9.17) is 24.4 Å². The molecule has 0 aliphatic carbocycles. The topological polar surface area (TPSA) is 69.6 Å². The third kappa shape index (κ3) is 4.71. The van der Waals surface area contributed by atoms with Crippen LogP contribution in [0.25, 0.3) is 104 Å². The number of benzene rings is 7. The third-order valence-corrected chi connectivity index (χ3v) is 11.1. The van der Waals surface area contributed by atoms with Gasteiger partial charge in [-0.25, -0.2) is 9.97 Å². The Morgan fingerprint density at radius 1 is 0.434 bits per heavy atom. The summed E-state index contributed by atoms with van der Waals surface area (Å²) in [6, 6.07) is 56.3. The minimum absolute atomic E-state index is 0.507. The van der Waals surface area contributed by atoms with Crippen molar-refractivity contribution >= 4 is 64.4 Å². The summed E-state index contributed by atoms with van der Waals surface area (Å²) in [5, 5.41) is 4.59. The maximum Gasteiger partial charge on any atom is 0.238 e. The van der Waals surface area contributed by atoms with Crippen LogP contribution in [0.4, 0.5) is 0 Å². The Morgan fingerprint density at radius 3 is 1.91 bits per heavy atom. The van der Waals surface area contributed by atoms with Crippen molar-refractivity contribution in [3.8, 4) is 51.3 Å². The summed E-state index contributed by atoms with van der Waals surface area (Å²) in [5.74, 6) is 2.17. The van der Waals surface area contributed by atoms with Gasteiger partial charge in [-0.2, -0.15) is 9.97 Å². The molecule has 6 nitrogen and oxygen atoms in total. The summed E-state index contributed by atoms with van der Waals surface area (Å²) < 4.78 is 11.1. The smallest absolute Gasteiger partial charge is 0.238 e. The minimum atomic E-state index is 0.507. The summed E-state index contributed by atoms with van der Waals surface area (Å²) in [7, 11) is 0. The first-order valence-electron chi connectivity index (χ1n) is 17.5. The van der Waals surface area contributed by atoms with Gasteiger partial charge in [-0.05, 0) is 59.7 Å². The van der Waals surface area contributed by atoms with E-state index in [9.17, 15) is 0 Å². The van der Waals surface area contributed by atoms with Gasteiger partial charge in [0.15, 0.2) is 17.2 Å². The van der Waals surface area contributed by atoms with Crippen LogP contribution in [-0.4, -0.2) is 24.5 Å². The highest BCUT2D eigenvalue weighted by atomic mass is 32.1. The standard InChI is InChI=1S/C46H27N5OS/c1-3-14-28(15-4-1)30-20-12-25-37-40(30)31-18-7-9-24-36(31)51(37)46-49-43(33-21-13-27-39-41(33)32-19-8-10-26-38(32)53-39)48-44(50-46)34-22-11-23-35-42(34)52-45(47-35)29-16-5-2-6-17-29/h1-27H. The van der Waals surface area contributed by atoms with Gasteiger partial charge in [-0.3, -0.25) is 4.57 Å². The number of rotatable bonds is 5. The highest BCUT2D eigenvalue weighted by molar-refractivity contribution is 7.25. The van der Waals surface area contributed by atoms with E-state index in [0.717, 1.165) is 60.5 Å². The molecule has 7 aromatic carbocycles. The number of fused-ring (bicyclic) bond motifs is 7. The van der Waals surface area contributed by atoms with E-state index in [1.807, 2.05) is 48.5 Å². The monoisotopic (exact) mass is 697 g/mol. The predicted molar refractivity (Wildman–Crippen MR) is 216 cm³/mol. The SMILES string of the molecule is c1ccc(-c2nc3cccc(-c4nc(-c5cccc6sc7ccccc7c56)nc(-n5c6ccccc6c6c(-c7ccccc7)cccc65)n4)c3o2)cc1. The maximum atomic E-state index is 6.52. The molecule has 0 atom stereocenters. The van der Waals surface area contributed by atoms with E-state index in [2.05, 4.69) is 120 Å². The average molecular weight is 698 g/mol. The lowest BCUT2D eigenvalue weighted by atomic mass is 9.99. The van der Waals surface area contributed by atoms with Crippen LogP contribution in [0.1, 0.15) is 0 Å². The molecule has 0 N–H and O–H groups in total. The second kappa shape index (κ2) is 11.8. The van der Waals surface area contributed by atoms with Crippen molar-refractivity contribution in [1.29, 1.82) is 0 Å². The first-order valence-corrected chi connectivity index (χ1v) is 18.3. The normalized spacial score (nSPS) is 11.8. The van der Waals surface area contributed by atoms with E-state index >= 15 is 0 Å². The van der Waals surface area contributed by atoms with E-state index in [1.54, 1.807) is 11.3 Å². The van der Waals surface area contributed by atoms with Gasteiger partial charge in [-0.15, -0.1) is 11.3 Å². The van der Waals surface area contributed by atoms with Gasteiger partial charge in [0, 0.05) is 42.1 Å². The van der Waals surface area contributed by atoms with Crippen molar-refractivity contribution in [2.24, 2.45) is 0 Å². The van der Waals surface area contributed by atoms with E-state index in [0.29, 0.717) is 29.1 Å². The van der Waals surface area contributed by atoms with Crippen molar-refractivity contribution in [2.75, 3.05) is 0 Å². The quantitative estimate of drug-likeness (QED) is 0.179. The lowest BCUT2D eigenvalue weighted by Gasteiger charge is -2.12. The fourth-order valence-electron chi connectivity index (χ4n) is 7.59. The Bertz CT molecular complexity index is 3180. The Labute approximate surface area is 307 Å². The van der Waals surface area contributed by atoms with Crippen LogP contribution in [0.2, 0.25) is 0 Å². The molecule has 0 fully saturated rings. The number of aromatic nitrogens is 5. The Kier molecular flexibility index (Phi) is 6.62. The molecule has 11 aromatic rings. The van der Waals surface area contributed by atoms with Gasteiger partial charge < -0.3 is 4.42 Å². The molecular weight excluding hydrogens is 671 g/mol. The molecule has 0 unspecified atom stereocenters. The van der Waals surface area contributed by atoms with Crippen LogP contribution < -0.4 is 0 Å². The first-order chi connectivity index (χ1) is 26.3. The zero-order valence-electron chi connectivity index (χ0n) is 28.1. The van der Waals surface area contributed by atoms with Gasteiger partial charge in [0.1, 0.15) is 5.52 Å². The summed E-state index contributed by atoms with van der Waals surface area (Å²) >= 11 is 1.78. The fourth-order valence-corrected chi connectivity index (χ4v) is 8.72. The van der Waals surface area contributed by atoms with Crippen LogP contribution in [0, 0.1) is 0 Å². The molecular formula is C46H27N5OS. The van der Waals surface area contributed by atoms with Crippen LogP contribution in [0.15, 0.2) is 168 Å². The van der Waals surface area contributed by atoms with Crippen molar-refractivity contribution in [2.45, 2.75) is 0 Å². The van der Waals surface area contributed by atoms with Crippen molar-refractivity contribution in [3.63, 3.8) is 0 Å². The molecule has 4 aromatic heterocycles. The Balaban J connectivity index is 1.23. The zero-order valence-corrected chi connectivity index (χ0v) is 29.0. The highest BCUT2D eigenvalue weighted by Crippen LogP contribution is 2.42. The van der Waals surface area contributed by atoms with Crippen LogP contribution >= 0.6 is 11.3 Å². The average Bonchev–Trinajstić information content (AvgIpc) is 3.93. The molecule has 0 radical (unpaired) electrons. The van der Waals surface area contributed by atoms with Gasteiger partial charge in [0.05, 0.1) is 16.6 Å². The molecule has 11 rings (SSSR count). The van der Waals surface area contributed by atoms with Gasteiger partial charge >= 0.3 is 0 Å². The number of hydrogen-bond donors (Lipinski definition) is 0. The van der Waals surface area contributed by atoms with Crippen molar-refractivity contribution < 1.29 is 4.42 Å². The second-order valence-electron chi connectivity index (χ2n) is 13.0. The number of para-hydroxylation sites is 2. The predicted octanol–water partition coefficient (Wildman–Crippen LogP) is 12.1. The molecule has 0 aliphatic heterocycles. The Morgan fingerprint density at radius 2 is 1.06 bits per heavy atom. The number of nitrogens with zero attached hydrogens (tertiary/aromatic N) is 5. The summed E-state index contributed by atoms with van der Waals surface area (Å²) in [6.07, 6.45) is 0. The van der Waals surface area contributed by atoms with Crippen LogP contribution in [0.3, 0.4) is 0 Å². The molecule has 0 aliphatic rings. The molecule has 248 valence electrons. The molecule has 0 bridgehead atoms. The van der Waals surface area contributed by atoms with E-state index in [1.165, 1.54) is 14.8 Å². The molecule has 0 saturated carbocycles. The largest absolute Gasteiger partial charge is 0.435 e. The molecule has 0 saturated heterocycles. The lowest BCUT2D eigenvalue weighted by Crippen LogP contribution is -2.06. The van der Waals surface area contributed by atoms with Crippen LogP contribution in [-0.2, 0) is 0 Å². The van der Waals surface area contributed by atoms with Gasteiger partial charge in [0.2, 0.25) is 11.8 Å². The highest BCUT2D eigenvalue weighted by Gasteiger charge is 2.23. The van der Waals surface area contributed by atoms with Crippen molar-refractivity contribution in [3.05, 3.63) is 164 Å². The number of hydrogen-bond acceptors (Lipinski definition) is 6. The molecule has 53 heavy (non-hydrogen) atoms. The van der Waals surface area contributed by atoms with E-state index < -0.39 is 0 Å². The minimum Gasteiger partial charge on any atom is -0.435 e.